The normalized spacial score (nSPS) is 14.5. The van der Waals surface area contributed by atoms with E-state index in [0.29, 0.717) is 24.6 Å². The van der Waals surface area contributed by atoms with Crippen molar-refractivity contribution >= 4 is 23.0 Å². The van der Waals surface area contributed by atoms with Crippen LogP contribution in [0.15, 0.2) is 48.5 Å². The number of rotatable bonds is 5. The van der Waals surface area contributed by atoms with Crippen molar-refractivity contribution in [3.63, 3.8) is 0 Å². The van der Waals surface area contributed by atoms with Gasteiger partial charge in [-0.3, -0.25) is 4.79 Å². The van der Waals surface area contributed by atoms with Gasteiger partial charge < -0.3 is 19.4 Å². The SMILES string of the molecule is COc1ccc(/C=C/C(=O)N2CC(c3nc4ccccc4[nH]3)C2)cc1OC. The number of nitrogens with one attached hydrogen (secondary N) is 1. The number of likely N-dealkylation sites (tertiary alicyclic amines) is 1. The summed E-state index contributed by atoms with van der Waals surface area (Å²) in [5, 5.41) is 0. The molecule has 0 atom stereocenters. The van der Waals surface area contributed by atoms with E-state index in [0.717, 1.165) is 22.4 Å². The van der Waals surface area contributed by atoms with Gasteiger partial charge in [-0.25, -0.2) is 4.98 Å². The van der Waals surface area contributed by atoms with Crippen LogP contribution in [0.4, 0.5) is 0 Å². The lowest BCUT2D eigenvalue weighted by Gasteiger charge is -2.37. The summed E-state index contributed by atoms with van der Waals surface area (Å²) in [5.74, 6) is 2.51. The maximum absolute atomic E-state index is 12.4. The number of aromatic amines is 1. The summed E-state index contributed by atoms with van der Waals surface area (Å²) in [4.78, 5) is 22.2. The third-order valence-electron chi connectivity index (χ3n) is 4.81. The molecule has 6 heteroatoms. The number of nitrogens with zero attached hydrogens (tertiary/aromatic N) is 2. The third-order valence-corrected chi connectivity index (χ3v) is 4.81. The van der Waals surface area contributed by atoms with Crippen LogP contribution in [-0.4, -0.2) is 48.1 Å². The Morgan fingerprint density at radius 3 is 2.67 bits per heavy atom. The molecule has 0 saturated carbocycles. The largest absolute Gasteiger partial charge is 0.493 e. The van der Waals surface area contributed by atoms with Crippen molar-refractivity contribution in [2.75, 3.05) is 27.3 Å². The number of para-hydroxylation sites is 2. The summed E-state index contributed by atoms with van der Waals surface area (Å²) in [6, 6.07) is 13.5. The molecule has 0 spiro atoms. The van der Waals surface area contributed by atoms with E-state index in [9.17, 15) is 4.79 Å². The zero-order chi connectivity index (χ0) is 18.8. The number of aromatic nitrogens is 2. The van der Waals surface area contributed by atoms with E-state index in [1.165, 1.54) is 0 Å². The molecule has 0 aliphatic carbocycles. The smallest absolute Gasteiger partial charge is 0.246 e. The van der Waals surface area contributed by atoms with Crippen molar-refractivity contribution in [2.45, 2.75) is 5.92 Å². The molecule has 1 aliphatic heterocycles. The molecular weight excluding hydrogens is 342 g/mol. The maximum atomic E-state index is 12.4. The number of ether oxygens (including phenoxy) is 2. The van der Waals surface area contributed by atoms with E-state index < -0.39 is 0 Å². The lowest BCUT2D eigenvalue weighted by Crippen LogP contribution is -2.48. The molecule has 1 aromatic heterocycles. The van der Waals surface area contributed by atoms with Gasteiger partial charge in [-0.05, 0) is 35.9 Å². The van der Waals surface area contributed by atoms with Gasteiger partial charge in [0.15, 0.2) is 11.5 Å². The fraction of sp³-hybridized carbons (Fsp3) is 0.238. The maximum Gasteiger partial charge on any atom is 0.246 e. The number of benzene rings is 2. The Morgan fingerprint density at radius 2 is 1.93 bits per heavy atom. The van der Waals surface area contributed by atoms with Gasteiger partial charge >= 0.3 is 0 Å². The third kappa shape index (κ3) is 3.38. The molecule has 3 aromatic rings. The summed E-state index contributed by atoms with van der Waals surface area (Å²) in [5.41, 5.74) is 2.88. The summed E-state index contributed by atoms with van der Waals surface area (Å²) in [6.45, 7) is 1.35. The number of carbonyl (C=O) groups excluding carboxylic acids is 1. The van der Waals surface area contributed by atoms with Crippen LogP contribution in [0, 0.1) is 0 Å². The topological polar surface area (TPSA) is 67.5 Å². The summed E-state index contributed by atoms with van der Waals surface area (Å²) in [6.07, 6.45) is 3.38. The summed E-state index contributed by atoms with van der Waals surface area (Å²) < 4.78 is 10.5. The number of H-pyrrole nitrogens is 1. The van der Waals surface area contributed by atoms with Crippen LogP contribution in [0.5, 0.6) is 11.5 Å². The molecule has 2 aromatic carbocycles. The highest BCUT2D eigenvalue weighted by Crippen LogP contribution is 2.29. The molecule has 1 aliphatic rings. The first-order chi connectivity index (χ1) is 13.2. The van der Waals surface area contributed by atoms with Crippen LogP contribution in [0.1, 0.15) is 17.3 Å². The second-order valence-corrected chi connectivity index (χ2v) is 6.53. The van der Waals surface area contributed by atoms with Gasteiger partial charge in [0.25, 0.3) is 0 Å². The van der Waals surface area contributed by atoms with Crippen molar-refractivity contribution in [3.05, 3.63) is 59.9 Å². The van der Waals surface area contributed by atoms with E-state index in [2.05, 4.69) is 9.97 Å². The fourth-order valence-corrected chi connectivity index (χ4v) is 3.23. The second-order valence-electron chi connectivity index (χ2n) is 6.53. The van der Waals surface area contributed by atoms with Crippen LogP contribution in [0.3, 0.4) is 0 Å². The molecule has 4 rings (SSSR count). The first kappa shape index (κ1) is 17.1. The minimum atomic E-state index is -0.00264. The highest BCUT2D eigenvalue weighted by atomic mass is 16.5. The lowest BCUT2D eigenvalue weighted by molar-refractivity contribution is -0.130. The van der Waals surface area contributed by atoms with Crippen molar-refractivity contribution in [1.82, 2.24) is 14.9 Å². The Hall–Kier alpha value is -3.28. The van der Waals surface area contributed by atoms with Crippen molar-refractivity contribution in [3.8, 4) is 11.5 Å². The minimum Gasteiger partial charge on any atom is -0.493 e. The lowest BCUT2D eigenvalue weighted by atomic mass is 9.99. The molecule has 0 unspecified atom stereocenters. The van der Waals surface area contributed by atoms with Gasteiger partial charge in [-0.2, -0.15) is 0 Å². The molecule has 6 nitrogen and oxygen atoms in total. The molecule has 0 radical (unpaired) electrons. The minimum absolute atomic E-state index is 0.00264. The highest BCUT2D eigenvalue weighted by molar-refractivity contribution is 5.92. The molecule has 1 N–H and O–H groups in total. The quantitative estimate of drug-likeness (QED) is 0.707. The predicted molar refractivity (Wildman–Crippen MR) is 104 cm³/mol. The van der Waals surface area contributed by atoms with Crippen LogP contribution in [0.25, 0.3) is 17.1 Å². The number of hydrogen-bond donors (Lipinski definition) is 1. The Bertz CT molecular complexity index is 970. The molecule has 2 heterocycles. The molecule has 0 bridgehead atoms. The van der Waals surface area contributed by atoms with Crippen LogP contribution < -0.4 is 9.47 Å². The Labute approximate surface area is 157 Å². The van der Waals surface area contributed by atoms with E-state index in [-0.39, 0.29) is 11.8 Å². The number of amides is 1. The van der Waals surface area contributed by atoms with Gasteiger partial charge in [0.05, 0.1) is 31.2 Å². The van der Waals surface area contributed by atoms with Crippen molar-refractivity contribution < 1.29 is 14.3 Å². The highest BCUT2D eigenvalue weighted by Gasteiger charge is 2.32. The van der Waals surface area contributed by atoms with Gasteiger partial charge in [0, 0.05) is 19.2 Å². The second kappa shape index (κ2) is 7.15. The molecular formula is C21H21N3O3. The van der Waals surface area contributed by atoms with E-state index in [1.807, 2.05) is 47.4 Å². The molecule has 1 amide bonds. The molecule has 27 heavy (non-hydrogen) atoms. The van der Waals surface area contributed by atoms with Gasteiger partial charge in [-0.1, -0.05) is 18.2 Å². The van der Waals surface area contributed by atoms with E-state index in [4.69, 9.17) is 9.47 Å². The standard InChI is InChI=1S/C21H21N3O3/c1-26-18-9-7-14(11-19(18)27-2)8-10-20(25)24-12-15(13-24)21-22-16-5-3-4-6-17(16)23-21/h3-11,15H,12-13H2,1-2H3,(H,22,23)/b10-8+. The number of fused-ring (bicyclic) bond motifs is 1. The average molecular weight is 363 g/mol. The Kier molecular flexibility index (Phi) is 4.54. The zero-order valence-corrected chi connectivity index (χ0v) is 15.3. The molecule has 138 valence electrons. The van der Waals surface area contributed by atoms with Crippen molar-refractivity contribution in [1.29, 1.82) is 0 Å². The van der Waals surface area contributed by atoms with Gasteiger partial charge in [0.2, 0.25) is 5.91 Å². The number of methoxy groups -OCH3 is 2. The van der Waals surface area contributed by atoms with Crippen LogP contribution in [-0.2, 0) is 4.79 Å². The first-order valence-corrected chi connectivity index (χ1v) is 8.81. The summed E-state index contributed by atoms with van der Waals surface area (Å²) in [7, 11) is 3.19. The van der Waals surface area contributed by atoms with E-state index >= 15 is 0 Å². The Balaban J connectivity index is 1.38. The molecule has 1 saturated heterocycles. The number of hydrogen-bond acceptors (Lipinski definition) is 4. The monoisotopic (exact) mass is 363 g/mol. The van der Waals surface area contributed by atoms with Crippen LogP contribution >= 0.6 is 0 Å². The van der Waals surface area contributed by atoms with Crippen molar-refractivity contribution in [2.24, 2.45) is 0 Å². The predicted octanol–water partition coefficient (Wildman–Crippen LogP) is 3.22. The molecule has 1 fully saturated rings. The number of imidazole rings is 1. The van der Waals surface area contributed by atoms with E-state index in [1.54, 1.807) is 26.4 Å². The Morgan fingerprint density at radius 1 is 1.15 bits per heavy atom. The fourth-order valence-electron chi connectivity index (χ4n) is 3.23. The number of carbonyl (C=O) groups is 1. The van der Waals surface area contributed by atoms with Gasteiger partial charge in [-0.15, -0.1) is 0 Å². The zero-order valence-electron chi connectivity index (χ0n) is 15.3. The summed E-state index contributed by atoms with van der Waals surface area (Å²) >= 11 is 0. The average Bonchev–Trinajstić information content (AvgIpc) is 3.08. The first-order valence-electron chi connectivity index (χ1n) is 8.81. The van der Waals surface area contributed by atoms with Crippen LogP contribution in [0.2, 0.25) is 0 Å². The van der Waals surface area contributed by atoms with Gasteiger partial charge in [0.1, 0.15) is 5.82 Å².